The highest BCUT2D eigenvalue weighted by Crippen LogP contribution is 2.36. The molecule has 26 heavy (non-hydrogen) atoms. The molecule has 0 unspecified atom stereocenters. The van der Waals surface area contributed by atoms with Gasteiger partial charge in [0.2, 0.25) is 5.71 Å². The van der Waals surface area contributed by atoms with Crippen molar-refractivity contribution in [3.63, 3.8) is 0 Å². The minimum Gasteiger partial charge on any atom is -0.440 e. The average Bonchev–Trinajstić information content (AvgIpc) is 3.03. The van der Waals surface area contributed by atoms with Crippen molar-refractivity contribution in [2.24, 2.45) is 0 Å². The number of fused-ring (bicyclic) bond motifs is 1. The summed E-state index contributed by atoms with van der Waals surface area (Å²) in [5.74, 6) is 0.823. The molecule has 0 radical (unpaired) electrons. The molecule has 2 aromatic heterocycles. The van der Waals surface area contributed by atoms with Gasteiger partial charge in [0, 0.05) is 11.6 Å². The molecule has 0 atom stereocenters. The van der Waals surface area contributed by atoms with Crippen molar-refractivity contribution >= 4 is 23.0 Å². The maximum absolute atomic E-state index is 6.51. The first-order valence-corrected chi connectivity index (χ1v) is 9.85. The molecule has 5 heteroatoms. The molecule has 3 rings (SSSR count). The fourth-order valence-corrected chi connectivity index (χ4v) is 3.89. The Balaban J connectivity index is 2.08. The summed E-state index contributed by atoms with van der Waals surface area (Å²) in [7, 11) is 0. The van der Waals surface area contributed by atoms with Crippen molar-refractivity contribution in [2.75, 3.05) is 5.32 Å². The molecule has 0 aliphatic carbocycles. The molecule has 4 nitrogen and oxygen atoms in total. The van der Waals surface area contributed by atoms with E-state index in [2.05, 4.69) is 25.2 Å². The van der Waals surface area contributed by atoms with E-state index in [1.54, 1.807) is 0 Å². The second-order valence-corrected chi connectivity index (χ2v) is 7.49. The third kappa shape index (κ3) is 3.48. The Labute approximate surface area is 160 Å². The Bertz CT molecular complexity index is 904. The van der Waals surface area contributed by atoms with E-state index in [0.717, 1.165) is 65.4 Å². The number of benzene rings is 1. The highest BCUT2D eigenvalue weighted by molar-refractivity contribution is 6.33. The van der Waals surface area contributed by atoms with Gasteiger partial charge in [0.25, 0.3) is 0 Å². The van der Waals surface area contributed by atoms with Crippen LogP contribution >= 0.6 is 11.6 Å². The monoisotopic (exact) mass is 373 g/mol. The van der Waals surface area contributed by atoms with Gasteiger partial charge in [-0.15, -0.1) is 0 Å². The Hall–Kier alpha value is -1.94. The van der Waals surface area contributed by atoms with Crippen LogP contribution in [0.15, 0.2) is 22.6 Å². The Morgan fingerprint density at radius 1 is 1.15 bits per heavy atom. The summed E-state index contributed by atoms with van der Waals surface area (Å²) >= 11 is 6.51. The van der Waals surface area contributed by atoms with Crippen LogP contribution in [0.1, 0.15) is 56.5 Å². The van der Waals surface area contributed by atoms with E-state index < -0.39 is 0 Å². The molecule has 0 spiro atoms. The van der Waals surface area contributed by atoms with Crippen LogP contribution in [0.3, 0.4) is 0 Å². The Kier molecular flexibility index (Phi) is 5.61. The van der Waals surface area contributed by atoms with E-state index in [9.17, 15) is 0 Å². The van der Waals surface area contributed by atoms with Crippen LogP contribution in [0.2, 0.25) is 5.02 Å². The summed E-state index contributed by atoms with van der Waals surface area (Å²) in [5.41, 5.74) is 5.71. The first-order chi connectivity index (χ1) is 12.5. The van der Waals surface area contributed by atoms with Crippen LogP contribution in [0.5, 0.6) is 0 Å². The number of anilines is 1. The molecule has 0 fully saturated rings. The van der Waals surface area contributed by atoms with E-state index in [4.69, 9.17) is 21.1 Å². The van der Waals surface area contributed by atoms with Crippen molar-refractivity contribution in [2.45, 2.75) is 66.3 Å². The number of oxazole rings is 1. The molecule has 0 bridgehead atoms. The number of nitrogens with one attached hydrogen (secondary N) is 1. The highest BCUT2D eigenvalue weighted by Gasteiger charge is 2.23. The lowest BCUT2D eigenvalue weighted by Gasteiger charge is -2.17. The minimum atomic E-state index is 0.438. The number of hydrogen-bond acceptors (Lipinski definition) is 3. The van der Waals surface area contributed by atoms with Crippen molar-refractivity contribution in [3.05, 3.63) is 40.2 Å². The fourth-order valence-electron chi connectivity index (χ4n) is 3.57. The summed E-state index contributed by atoms with van der Waals surface area (Å²) in [4.78, 5) is 0. The van der Waals surface area contributed by atoms with Crippen molar-refractivity contribution in [1.29, 1.82) is 0 Å². The molecule has 0 saturated heterocycles. The normalized spacial score (nSPS) is 11.7. The van der Waals surface area contributed by atoms with Gasteiger partial charge in [-0.1, -0.05) is 50.4 Å². The molecule has 140 valence electrons. The van der Waals surface area contributed by atoms with Crippen LogP contribution in [-0.2, 0) is 0 Å². The molecule has 3 aromatic rings. The zero-order valence-electron chi connectivity index (χ0n) is 16.3. The SMILES string of the molecule is CCCC(CCC)Nc1c(C)nn2c(-c3ccc(C)cc3Cl)c(C)oc12. The molecule has 0 amide bonds. The van der Waals surface area contributed by atoms with Gasteiger partial charge in [-0.25, -0.2) is 0 Å². The van der Waals surface area contributed by atoms with Crippen LogP contribution in [-0.4, -0.2) is 15.7 Å². The average molecular weight is 374 g/mol. The summed E-state index contributed by atoms with van der Waals surface area (Å²) in [5, 5.41) is 9.14. The Morgan fingerprint density at radius 3 is 2.46 bits per heavy atom. The lowest BCUT2D eigenvalue weighted by atomic mass is 10.1. The van der Waals surface area contributed by atoms with Crippen molar-refractivity contribution in [1.82, 2.24) is 9.61 Å². The second-order valence-electron chi connectivity index (χ2n) is 7.09. The lowest BCUT2D eigenvalue weighted by Crippen LogP contribution is -2.19. The van der Waals surface area contributed by atoms with Gasteiger partial charge in [-0.3, -0.25) is 0 Å². The number of nitrogens with zero attached hydrogens (tertiary/aromatic N) is 2. The first-order valence-electron chi connectivity index (χ1n) is 9.48. The van der Waals surface area contributed by atoms with Gasteiger partial charge in [0.15, 0.2) is 0 Å². The summed E-state index contributed by atoms with van der Waals surface area (Å²) < 4.78 is 8.01. The maximum atomic E-state index is 6.51. The van der Waals surface area contributed by atoms with E-state index in [1.807, 2.05) is 37.4 Å². The Morgan fingerprint density at radius 2 is 1.85 bits per heavy atom. The second kappa shape index (κ2) is 7.75. The number of halogens is 1. The maximum Gasteiger partial charge on any atom is 0.246 e. The number of hydrogen-bond donors (Lipinski definition) is 1. The summed E-state index contributed by atoms with van der Waals surface area (Å²) in [6, 6.07) is 6.51. The standard InChI is InChI=1S/C21H28ClN3O/c1-6-8-16(9-7-2)23-19-14(4)24-25-20(15(5)26-21(19)25)17-11-10-13(3)12-18(17)22/h10-12,16,23H,6-9H2,1-5H3. The van der Waals surface area contributed by atoms with Crippen molar-refractivity contribution in [3.8, 4) is 11.3 Å². The zero-order chi connectivity index (χ0) is 18.8. The number of rotatable bonds is 7. The minimum absolute atomic E-state index is 0.438. The third-order valence-electron chi connectivity index (χ3n) is 4.82. The van der Waals surface area contributed by atoms with Gasteiger partial charge in [0.05, 0.1) is 10.7 Å². The zero-order valence-corrected chi connectivity index (χ0v) is 17.1. The van der Waals surface area contributed by atoms with Crippen LogP contribution < -0.4 is 5.32 Å². The summed E-state index contributed by atoms with van der Waals surface area (Å²) in [6.45, 7) is 10.5. The van der Waals surface area contributed by atoms with Gasteiger partial charge in [-0.2, -0.15) is 9.61 Å². The lowest BCUT2D eigenvalue weighted by molar-refractivity contribution is 0.565. The number of aromatic nitrogens is 2. The van der Waals surface area contributed by atoms with E-state index in [1.165, 1.54) is 0 Å². The smallest absolute Gasteiger partial charge is 0.246 e. The predicted octanol–water partition coefficient (Wildman–Crippen LogP) is 6.55. The molecule has 1 N–H and O–H groups in total. The van der Waals surface area contributed by atoms with Gasteiger partial charge >= 0.3 is 0 Å². The largest absolute Gasteiger partial charge is 0.440 e. The van der Waals surface area contributed by atoms with E-state index >= 15 is 0 Å². The topological polar surface area (TPSA) is 42.5 Å². The molecule has 2 heterocycles. The molecular formula is C21H28ClN3O. The van der Waals surface area contributed by atoms with Crippen LogP contribution in [0, 0.1) is 20.8 Å². The number of aryl methyl sites for hydroxylation is 3. The van der Waals surface area contributed by atoms with Crippen LogP contribution in [0.25, 0.3) is 17.0 Å². The van der Waals surface area contributed by atoms with Gasteiger partial charge in [-0.05, 0) is 45.2 Å². The van der Waals surface area contributed by atoms with E-state index in [-0.39, 0.29) is 0 Å². The first kappa shape index (κ1) is 18.8. The quantitative estimate of drug-likeness (QED) is 0.510. The molecule has 1 aromatic carbocycles. The molecule has 0 aliphatic heterocycles. The highest BCUT2D eigenvalue weighted by atomic mass is 35.5. The predicted molar refractivity (Wildman–Crippen MR) is 109 cm³/mol. The fraction of sp³-hybridized carbons (Fsp3) is 0.476. The molecular weight excluding hydrogens is 346 g/mol. The molecule has 0 aliphatic rings. The van der Waals surface area contributed by atoms with Gasteiger partial charge < -0.3 is 9.73 Å². The van der Waals surface area contributed by atoms with Gasteiger partial charge in [0.1, 0.15) is 17.1 Å². The summed E-state index contributed by atoms with van der Waals surface area (Å²) in [6.07, 6.45) is 4.59. The van der Waals surface area contributed by atoms with Crippen molar-refractivity contribution < 1.29 is 4.42 Å². The van der Waals surface area contributed by atoms with Crippen LogP contribution in [0.4, 0.5) is 5.69 Å². The molecule has 0 saturated carbocycles. The third-order valence-corrected chi connectivity index (χ3v) is 5.13. The van der Waals surface area contributed by atoms with E-state index in [0.29, 0.717) is 11.1 Å².